The van der Waals surface area contributed by atoms with Crippen molar-refractivity contribution in [2.24, 2.45) is 5.41 Å². The molecule has 0 bridgehead atoms. The van der Waals surface area contributed by atoms with Crippen LogP contribution in [0, 0.1) is 5.41 Å². The van der Waals surface area contributed by atoms with Crippen LogP contribution in [0.5, 0.6) is 5.75 Å². The molecule has 0 atom stereocenters. The van der Waals surface area contributed by atoms with Crippen molar-refractivity contribution in [1.29, 1.82) is 0 Å². The van der Waals surface area contributed by atoms with Gasteiger partial charge in [0.25, 0.3) is 0 Å². The first-order chi connectivity index (χ1) is 10.8. The second-order valence-corrected chi connectivity index (χ2v) is 7.98. The lowest BCUT2D eigenvalue weighted by Crippen LogP contribution is -2.24. The van der Waals surface area contributed by atoms with Gasteiger partial charge in [-0.05, 0) is 46.6 Å². The van der Waals surface area contributed by atoms with E-state index in [-0.39, 0.29) is 5.41 Å². The molecular weight excluding hydrogens is 280 g/mol. The maximum absolute atomic E-state index is 5.70. The zero-order chi connectivity index (χ0) is 16.9. The van der Waals surface area contributed by atoms with E-state index in [0.717, 1.165) is 17.7 Å². The Bertz CT molecular complexity index is 628. The average Bonchev–Trinajstić information content (AvgIpc) is 2.46. The average molecular weight is 308 g/mol. The van der Waals surface area contributed by atoms with Crippen molar-refractivity contribution in [1.82, 2.24) is 0 Å². The number of rotatable bonds is 5. The maximum atomic E-state index is 5.70. The Balaban J connectivity index is 2.01. The van der Waals surface area contributed by atoms with Gasteiger partial charge in [-0.2, -0.15) is 0 Å². The Morgan fingerprint density at radius 3 is 2.00 bits per heavy atom. The quantitative estimate of drug-likeness (QED) is 0.577. The highest BCUT2D eigenvalue weighted by Crippen LogP contribution is 2.36. The molecule has 0 saturated heterocycles. The zero-order valence-corrected chi connectivity index (χ0v) is 15.0. The molecule has 1 nitrogen and oxygen atoms in total. The molecule has 2 aromatic carbocycles. The van der Waals surface area contributed by atoms with E-state index >= 15 is 0 Å². The normalized spacial score (nSPS) is 12.6. The van der Waals surface area contributed by atoms with E-state index in [9.17, 15) is 0 Å². The molecule has 1 heteroatoms. The van der Waals surface area contributed by atoms with Gasteiger partial charge in [0.15, 0.2) is 0 Å². The summed E-state index contributed by atoms with van der Waals surface area (Å²) in [6.07, 6.45) is 4.86. The van der Waals surface area contributed by atoms with Gasteiger partial charge in [-0.25, -0.2) is 0 Å². The molecule has 0 aromatic heterocycles. The fourth-order valence-corrected chi connectivity index (χ4v) is 3.17. The molecule has 0 N–H and O–H groups in total. The molecule has 0 aliphatic rings. The van der Waals surface area contributed by atoms with Crippen LogP contribution in [0.3, 0.4) is 0 Å². The largest absolute Gasteiger partial charge is 0.465 e. The van der Waals surface area contributed by atoms with Crippen LogP contribution in [0.4, 0.5) is 0 Å². The lowest BCUT2D eigenvalue weighted by atomic mass is 9.72. The Morgan fingerprint density at radius 1 is 0.826 bits per heavy atom. The molecule has 0 heterocycles. The van der Waals surface area contributed by atoms with Crippen molar-refractivity contribution in [3.05, 3.63) is 72.0 Å². The topological polar surface area (TPSA) is 9.23 Å². The van der Waals surface area contributed by atoms with Crippen molar-refractivity contribution in [2.75, 3.05) is 0 Å². The predicted molar refractivity (Wildman–Crippen MR) is 99.6 cm³/mol. The number of hydrogen-bond acceptors (Lipinski definition) is 1. The van der Waals surface area contributed by atoms with Crippen molar-refractivity contribution in [3.8, 4) is 5.75 Å². The molecule has 0 saturated carbocycles. The van der Waals surface area contributed by atoms with E-state index in [1.165, 1.54) is 5.56 Å². The molecule has 0 fully saturated rings. The van der Waals surface area contributed by atoms with E-state index in [2.05, 4.69) is 71.0 Å². The third-order valence-corrected chi connectivity index (χ3v) is 3.87. The van der Waals surface area contributed by atoms with Gasteiger partial charge in [-0.15, -0.1) is 0 Å². The van der Waals surface area contributed by atoms with Crippen LogP contribution in [-0.2, 0) is 5.41 Å². The summed E-state index contributed by atoms with van der Waals surface area (Å²) >= 11 is 0. The Labute approximate surface area is 141 Å². The van der Waals surface area contributed by atoms with Gasteiger partial charge in [-0.3, -0.25) is 0 Å². The summed E-state index contributed by atoms with van der Waals surface area (Å²) in [7, 11) is 0. The highest BCUT2D eigenvalue weighted by Gasteiger charge is 2.27. The van der Waals surface area contributed by atoms with E-state index < -0.39 is 0 Å². The fourth-order valence-electron chi connectivity index (χ4n) is 3.17. The highest BCUT2D eigenvalue weighted by molar-refractivity contribution is 5.48. The second-order valence-electron chi connectivity index (χ2n) is 7.98. The minimum Gasteiger partial charge on any atom is -0.465 e. The third-order valence-electron chi connectivity index (χ3n) is 3.87. The SMILES string of the molecule is CC(C)(C)CC(C)(C)c1ccc(OC=Cc2ccccc2)cc1. The third kappa shape index (κ3) is 5.59. The van der Waals surface area contributed by atoms with Gasteiger partial charge in [0.05, 0.1) is 6.26 Å². The Kier molecular flexibility index (Phi) is 5.30. The summed E-state index contributed by atoms with van der Waals surface area (Å²) < 4.78 is 5.70. The van der Waals surface area contributed by atoms with E-state index in [0.29, 0.717) is 5.41 Å². The minimum absolute atomic E-state index is 0.163. The smallest absolute Gasteiger partial charge is 0.126 e. The zero-order valence-electron chi connectivity index (χ0n) is 15.0. The van der Waals surface area contributed by atoms with Gasteiger partial charge in [0.2, 0.25) is 0 Å². The van der Waals surface area contributed by atoms with Gasteiger partial charge in [0.1, 0.15) is 5.75 Å². The van der Waals surface area contributed by atoms with E-state index in [1.54, 1.807) is 6.26 Å². The summed E-state index contributed by atoms with van der Waals surface area (Å²) in [6, 6.07) is 18.6. The first-order valence-corrected chi connectivity index (χ1v) is 8.25. The van der Waals surface area contributed by atoms with Crippen molar-refractivity contribution in [3.63, 3.8) is 0 Å². The van der Waals surface area contributed by atoms with Gasteiger partial charge >= 0.3 is 0 Å². The Hall–Kier alpha value is -2.02. The molecular formula is C22H28O. The summed E-state index contributed by atoms with van der Waals surface area (Å²) in [5, 5.41) is 0. The van der Waals surface area contributed by atoms with Crippen LogP contribution in [0.15, 0.2) is 60.9 Å². The van der Waals surface area contributed by atoms with Gasteiger partial charge < -0.3 is 4.74 Å². The van der Waals surface area contributed by atoms with E-state index in [1.807, 2.05) is 24.3 Å². The van der Waals surface area contributed by atoms with Crippen LogP contribution in [0.25, 0.3) is 6.08 Å². The fraction of sp³-hybridized carbons (Fsp3) is 0.364. The van der Waals surface area contributed by atoms with Gasteiger partial charge in [-0.1, -0.05) is 77.1 Å². The number of hydrogen-bond donors (Lipinski definition) is 0. The lowest BCUT2D eigenvalue weighted by molar-refractivity contribution is 0.284. The molecule has 0 unspecified atom stereocenters. The summed E-state index contributed by atoms with van der Waals surface area (Å²) in [5.74, 6) is 0.868. The number of benzene rings is 2. The molecule has 122 valence electrons. The molecule has 0 amide bonds. The van der Waals surface area contributed by atoms with Crippen LogP contribution in [-0.4, -0.2) is 0 Å². The summed E-state index contributed by atoms with van der Waals surface area (Å²) in [4.78, 5) is 0. The molecule has 0 radical (unpaired) electrons. The number of ether oxygens (including phenoxy) is 1. The predicted octanol–water partition coefficient (Wildman–Crippen LogP) is 6.45. The summed E-state index contributed by atoms with van der Waals surface area (Å²) in [6.45, 7) is 11.5. The molecule has 2 aromatic rings. The first kappa shape index (κ1) is 17.3. The van der Waals surface area contributed by atoms with Crippen LogP contribution in [0.2, 0.25) is 0 Å². The van der Waals surface area contributed by atoms with Crippen LogP contribution in [0.1, 0.15) is 52.2 Å². The lowest BCUT2D eigenvalue weighted by Gasteiger charge is -2.33. The molecule has 0 aliphatic heterocycles. The molecule has 0 spiro atoms. The summed E-state index contributed by atoms with van der Waals surface area (Å²) in [5.41, 5.74) is 2.97. The van der Waals surface area contributed by atoms with E-state index in [4.69, 9.17) is 4.74 Å². The van der Waals surface area contributed by atoms with Gasteiger partial charge in [0, 0.05) is 0 Å². The van der Waals surface area contributed by atoms with Crippen LogP contribution >= 0.6 is 0 Å². The van der Waals surface area contributed by atoms with Crippen LogP contribution < -0.4 is 4.74 Å². The second kappa shape index (κ2) is 7.04. The van der Waals surface area contributed by atoms with Crippen molar-refractivity contribution >= 4 is 6.08 Å². The van der Waals surface area contributed by atoms with Crippen molar-refractivity contribution in [2.45, 2.75) is 46.5 Å². The minimum atomic E-state index is 0.163. The Morgan fingerprint density at radius 2 is 1.43 bits per heavy atom. The highest BCUT2D eigenvalue weighted by atomic mass is 16.5. The molecule has 0 aliphatic carbocycles. The molecule has 2 rings (SSSR count). The molecule has 23 heavy (non-hydrogen) atoms. The standard InChI is InChI=1S/C22H28O/c1-21(2,3)17-22(4,5)19-11-13-20(14-12-19)23-16-15-18-9-7-6-8-10-18/h6-16H,17H2,1-5H3. The first-order valence-electron chi connectivity index (χ1n) is 8.25. The monoisotopic (exact) mass is 308 g/mol. The van der Waals surface area contributed by atoms with Crippen molar-refractivity contribution < 1.29 is 4.74 Å². The maximum Gasteiger partial charge on any atom is 0.126 e.